The van der Waals surface area contributed by atoms with Crippen LogP contribution in [0.2, 0.25) is 0 Å². The molecule has 1 saturated heterocycles. The Morgan fingerprint density at radius 1 is 1.07 bits per heavy atom. The van der Waals surface area contributed by atoms with Crippen LogP contribution in [0.3, 0.4) is 0 Å². The first-order chi connectivity index (χ1) is 12.2. The second-order valence-corrected chi connectivity index (χ2v) is 7.43. The SMILES string of the molecule is Cl.Cl.O=C(O)CCC1CCC(NCc2ccc(N3CCNCC3)cc2)CC1. The fraction of sp³-hybridized carbons (Fsp3) is 0.650. The smallest absolute Gasteiger partial charge is 0.303 e. The summed E-state index contributed by atoms with van der Waals surface area (Å²) in [6.45, 7) is 5.23. The summed E-state index contributed by atoms with van der Waals surface area (Å²) in [5.41, 5.74) is 2.66. The van der Waals surface area contributed by atoms with E-state index in [-0.39, 0.29) is 24.8 Å². The summed E-state index contributed by atoms with van der Waals surface area (Å²) in [5, 5.41) is 15.9. The maximum Gasteiger partial charge on any atom is 0.303 e. The van der Waals surface area contributed by atoms with E-state index in [0.717, 1.165) is 52.0 Å². The van der Waals surface area contributed by atoms with E-state index in [1.54, 1.807) is 0 Å². The van der Waals surface area contributed by atoms with E-state index in [2.05, 4.69) is 39.8 Å². The maximum atomic E-state index is 10.7. The minimum atomic E-state index is -0.662. The molecule has 1 aliphatic carbocycles. The third-order valence-corrected chi connectivity index (χ3v) is 5.63. The standard InChI is InChI=1S/C20H31N3O2.2ClH/c24-20(25)10-5-16-1-6-18(7-2-16)22-15-17-3-8-19(9-4-17)23-13-11-21-12-14-23;;/h3-4,8-9,16,18,21-22H,1-2,5-7,10-15H2,(H,24,25);2*1H. The average Bonchev–Trinajstić information content (AvgIpc) is 2.66. The molecule has 0 radical (unpaired) electrons. The molecule has 0 spiro atoms. The molecule has 0 atom stereocenters. The third kappa shape index (κ3) is 7.86. The quantitative estimate of drug-likeness (QED) is 0.633. The molecule has 1 aliphatic heterocycles. The largest absolute Gasteiger partial charge is 0.481 e. The zero-order chi connectivity index (χ0) is 17.5. The molecule has 2 aliphatic rings. The van der Waals surface area contributed by atoms with Gasteiger partial charge in [0.2, 0.25) is 0 Å². The predicted octanol–water partition coefficient (Wildman–Crippen LogP) is 3.45. The van der Waals surface area contributed by atoms with Gasteiger partial charge < -0.3 is 20.6 Å². The fourth-order valence-electron chi connectivity index (χ4n) is 3.99. The van der Waals surface area contributed by atoms with Crippen LogP contribution in [0, 0.1) is 5.92 Å². The monoisotopic (exact) mass is 417 g/mol. The molecule has 3 rings (SSSR count). The van der Waals surface area contributed by atoms with E-state index in [4.69, 9.17) is 5.11 Å². The first-order valence-electron chi connectivity index (χ1n) is 9.70. The molecule has 1 aromatic carbocycles. The number of nitrogens with one attached hydrogen (secondary N) is 2. The zero-order valence-corrected chi connectivity index (χ0v) is 17.5. The molecule has 27 heavy (non-hydrogen) atoms. The highest BCUT2D eigenvalue weighted by Gasteiger charge is 2.21. The molecule has 1 heterocycles. The average molecular weight is 418 g/mol. The van der Waals surface area contributed by atoms with Crippen LogP contribution in [0.5, 0.6) is 0 Å². The number of benzene rings is 1. The van der Waals surface area contributed by atoms with E-state index in [1.165, 1.54) is 24.1 Å². The van der Waals surface area contributed by atoms with Gasteiger partial charge in [-0.2, -0.15) is 0 Å². The molecule has 5 nitrogen and oxygen atoms in total. The molecule has 0 bridgehead atoms. The summed E-state index contributed by atoms with van der Waals surface area (Å²) in [4.78, 5) is 13.1. The van der Waals surface area contributed by atoms with Gasteiger partial charge in [0.15, 0.2) is 0 Å². The fourth-order valence-corrected chi connectivity index (χ4v) is 3.99. The number of piperazine rings is 1. The lowest BCUT2D eigenvalue weighted by Gasteiger charge is -2.30. The van der Waals surface area contributed by atoms with Gasteiger partial charge in [0, 0.05) is 50.9 Å². The minimum Gasteiger partial charge on any atom is -0.481 e. The molecule has 154 valence electrons. The van der Waals surface area contributed by atoms with Gasteiger partial charge in [-0.25, -0.2) is 0 Å². The van der Waals surface area contributed by atoms with Gasteiger partial charge in [0.25, 0.3) is 0 Å². The van der Waals surface area contributed by atoms with Gasteiger partial charge in [-0.05, 0) is 55.7 Å². The second kappa shape index (κ2) is 12.4. The third-order valence-electron chi connectivity index (χ3n) is 5.63. The van der Waals surface area contributed by atoms with Crippen molar-refractivity contribution < 1.29 is 9.90 Å². The Hall–Kier alpha value is -1.01. The van der Waals surface area contributed by atoms with Gasteiger partial charge in [-0.3, -0.25) is 4.79 Å². The van der Waals surface area contributed by atoms with Crippen molar-refractivity contribution in [3.8, 4) is 0 Å². The molecule has 3 N–H and O–H groups in total. The Kier molecular flexibility index (Phi) is 11.1. The summed E-state index contributed by atoms with van der Waals surface area (Å²) in [6, 6.07) is 9.54. The Bertz CT molecular complexity index is 543. The predicted molar refractivity (Wildman–Crippen MR) is 115 cm³/mol. The molecule has 1 saturated carbocycles. The van der Waals surface area contributed by atoms with E-state index in [0.29, 0.717) is 18.4 Å². The number of carboxylic acid groups (broad SMARTS) is 1. The number of anilines is 1. The Morgan fingerprint density at radius 2 is 1.70 bits per heavy atom. The Labute approximate surface area is 175 Å². The number of halogens is 2. The number of carbonyl (C=O) groups is 1. The topological polar surface area (TPSA) is 64.6 Å². The molecule has 2 fully saturated rings. The summed E-state index contributed by atoms with van der Waals surface area (Å²) in [6.07, 6.45) is 5.82. The van der Waals surface area contributed by atoms with E-state index in [9.17, 15) is 4.79 Å². The molecule has 0 unspecified atom stereocenters. The Morgan fingerprint density at radius 3 is 2.30 bits per heavy atom. The van der Waals surface area contributed by atoms with E-state index >= 15 is 0 Å². The number of aliphatic carboxylic acids is 1. The van der Waals surface area contributed by atoms with Gasteiger partial charge in [-0.1, -0.05) is 12.1 Å². The van der Waals surface area contributed by atoms with Crippen LogP contribution in [0.25, 0.3) is 0 Å². The summed E-state index contributed by atoms with van der Waals surface area (Å²) in [7, 11) is 0. The van der Waals surface area contributed by atoms with E-state index < -0.39 is 5.97 Å². The van der Waals surface area contributed by atoms with Crippen LogP contribution < -0.4 is 15.5 Å². The van der Waals surface area contributed by atoms with Crippen molar-refractivity contribution in [2.24, 2.45) is 5.92 Å². The molecular formula is C20H33Cl2N3O2. The van der Waals surface area contributed by atoms with Crippen molar-refractivity contribution in [3.05, 3.63) is 29.8 Å². The lowest BCUT2D eigenvalue weighted by atomic mass is 9.83. The van der Waals surface area contributed by atoms with Crippen LogP contribution in [-0.4, -0.2) is 43.3 Å². The molecule has 0 amide bonds. The van der Waals surface area contributed by atoms with Crippen molar-refractivity contribution in [2.45, 2.75) is 51.1 Å². The summed E-state index contributed by atoms with van der Waals surface area (Å²) in [5.74, 6) is -0.0584. The number of nitrogens with zero attached hydrogens (tertiary/aromatic N) is 1. The van der Waals surface area contributed by atoms with Crippen molar-refractivity contribution in [3.63, 3.8) is 0 Å². The van der Waals surface area contributed by atoms with Crippen LogP contribution in [0.4, 0.5) is 5.69 Å². The second-order valence-electron chi connectivity index (χ2n) is 7.43. The van der Waals surface area contributed by atoms with Crippen LogP contribution in [-0.2, 0) is 11.3 Å². The highest BCUT2D eigenvalue weighted by Crippen LogP contribution is 2.28. The summed E-state index contributed by atoms with van der Waals surface area (Å²) >= 11 is 0. The van der Waals surface area contributed by atoms with Crippen molar-refractivity contribution in [1.82, 2.24) is 10.6 Å². The zero-order valence-electron chi connectivity index (χ0n) is 15.9. The number of hydrogen-bond acceptors (Lipinski definition) is 4. The molecule has 7 heteroatoms. The van der Waals surface area contributed by atoms with Gasteiger partial charge in [-0.15, -0.1) is 24.8 Å². The maximum absolute atomic E-state index is 10.7. The number of rotatable bonds is 7. The van der Waals surface area contributed by atoms with Gasteiger partial charge in [0.05, 0.1) is 0 Å². The molecule has 0 aromatic heterocycles. The van der Waals surface area contributed by atoms with Crippen LogP contribution >= 0.6 is 24.8 Å². The normalized spacial score (nSPS) is 22.4. The highest BCUT2D eigenvalue weighted by atomic mass is 35.5. The van der Waals surface area contributed by atoms with Crippen LogP contribution in [0.1, 0.15) is 44.1 Å². The van der Waals surface area contributed by atoms with E-state index in [1.807, 2.05) is 0 Å². The summed E-state index contributed by atoms with van der Waals surface area (Å²) < 4.78 is 0. The number of carboxylic acids is 1. The minimum absolute atomic E-state index is 0. The van der Waals surface area contributed by atoms with Crippen molar-refractivity contribution >= 4 is 36.5 Å². The van der Waals surface area contributed by atoms with Gasteiger partial charge >= 0.3 is 5.97 Å². The first kappa shape index (κ1) is 24.0. The molecular weight excluding hydrogens is 385 g/mol. The highest BCUT2D eigenvalue weighted by molar-refractivity contribution is 5.85. The van der Waals surface area contributed by atoms with Crippen molar-refractivity contribution in [2.75, 3.05) is 31.1 Å². The first-order valence-corrected chi connectivity index (χ1v) is 9.70. The lowest BCUT2D eigenvalue weighted by molar-refractivity contribution is -0.137. The number of hydrogen-bond donors (Lipinski definition) is 3. The Balaban J connectivity index is 0.00000182. The van der Waals surface area contributed by atoms with Crippen molar-refractivity contribution in [1.29, 1.82) is 0 Å². The van der Waals surface area contributed by atoms with Gasteiger partial charge in [0.1, 0.15) is 0 Å². The van der Waals surface area contributed by atoms with Crippen LogP contribution in [0.15, 0.2) is 24.3 Å². The lowest BCUT2D eigenvalue weighted by Crippen LogP contribution is -2.43. The molecule has 1 aromatic rings.